The Morgan fingerprint density at radius 3 is 1.37 bits per heavy atom. The van der Waals surface area contributed by atoms with Gasteiger partial charge in [-0.05, 0) is 83.7 Å². The second-order valence-corrected chi connectivity index (χ2v) is 7.67. The first-order chi connectivity index (χ1) is 18.1. The van der Waals surface area contributed by atoms with E-state index < -0.39 is 29.6 Å². The van der Waals surface area contributed by atoms with E-state index in [1.807, 2.05) is 6.92 Å². The first-order valence-electron chi connectivity index (χ1n) is 10.7. The van der Waals surface area contributed by atoms with Gasteiger partial charge in [0.2, 0.25) is 0 Å². The summed E-state index contributed by atoms with van der Waals surface area (Å²) < 4.78 is 85.1. The van der Waals surface area contributed by atoms with Crippen LogP contribution in [0.25, 0.3) is 0 Å². The molecule has 0 spiro atoms. The van der Waals surface area contributed by atoms with Gasteiger partial charge in [0.25, 0.3) is 0 Å². The van der Waals surface area contributed by atoms with Gasteiger partial charge < -0.3 is 9.47 Å². The molecule has 3 rings (SSSR count). The molecule has 0 unspecified atom stereocenters. The van der Waals surface area contributed by atoms with Crippen molar-refractivity contribution in [1.82, 2.24) is 0 Å². The predicted molar refractivity (Wildman–Crippen MR) is 130 cm³/mol. The first-order valence-corrected chi connectivity index (χ1v) is 10.7. The standard InChI is InChI=1S/C30H16F6O2/c1-3-4-5-6-7-20-8-10-21(11-9-20)30(2,22-12-16-24(17-13-22)37-28(35)26(31)32)23-14-18-25(19-15-23)38-29(36)27(33)34/h1,8-19H,2H3. The lowest BCUT2D eigenvalue weighted by atomic mass is 9.71. The molecule has 0 fully saturated rings. The third-order valence-electron chi connectivity index (χ3n) is 5.44. The van der Waals surface area contributed by atoms with Crippen molar-refractivity contribution in [3.05, 3.63) is 119 Å². The van der Waals surface area contributed by atoms with Crippen LogP contribution in [0.2, 0.25) is 0 Å². The highest BCUT2D eigenvalue weighted by molar-refractivity contribution is 5.53. The van der Waals surface area contributed by atoms with Gasteiger partial charge in [-0.2, -0.15) is 26.3 Å². The lowest BCUT2D eigenvalue weighted by Crippen LogP contribution is -2.25. The molecule has 0 aliphatic carbocycles. The Morgan fingerprint density at radius 2 is 1.00 bits per heavy atom. The smallest absolute Gasteiger partial charge is 0.344 e. The zero-order chi connectivity index (χ0) is 27.7. The molecule has 3 aromatic carbocycles. The minimum absolute atomic E-state index is 0.153. The summed E-state index contributed by atoms with van der Waals surface area (Å²) in [7, 11) is 0. The van der Waals surface area contributed by atoms with Gasteiger partial charge in [-0.25, -0.2) is 0 Å². The summed E-state index contributed by atoms with van der Waals surface area (Å²) in [5, 5.41) is 0. The maximum Gasteiger partial charge on any atom is 0.344 e. The quantitative estimate of drug-likeness (QED) is 0.136. The van der Waals surface area contributed by atoms with Gasteiger partial charge in [0, 0.05) is 11.0 Å². The van der Waals surface area contributed by atoms with Crippen molar-refractivity contribution in [2.45, 2.75) is 12.3 Å². The molecule has 0 atom stereocenters. The summed E-state index contributed by atoms with van der Waals surface area (Å²) in [6, 6.07) is 14.6. The van der Waals surface area contributed by atoms with Crippen molar-refractivity contribution in [3.8, 4) is 47.5 Å². The number of benzene rings is 3. The van der Waals surface area contributed by atoms with Crippen molar-refractivity contribution >= 4 is 0 Å². The second kappa shape index (κ2) is 12.3. The van der Waals surface area contributed by atoms with Crippen molar-refractivity contribution < 1.29 is 35.8 Å². The zero-order valence-corrected chi connectivity index (χ0v) is 19.6. The third kappa shape index (κ3) is 6.60. The SMILES string of the molecule is C#CC#CC#Cc1ccc(C(C)(c2ccc(OC(F)=C(F)F)cc2)c2ccc(OC(F)=C(F)F)cc2)cc1. The molecule has 0 saturated carbocycles. The Labute approximate surface area is 215 Å². The topological polar surface area (TPSA) is 18.5 Å². The largest absolute Gasteiger partial charge is 0.428 e. The predicted octanol–water partition coefficient (Wildman–Crippen LogP) is 7.86. The molecule has 0 bridgehead atoms. The van der Waals surface area contributed by atoms with Crippen LogP contribution in [0, 0.1) is 36.0 Å². The molecule has 0 saturated heterocycles. The third-order valence-corrected chi connectivity index (χ3v) is 5.44. The van der Waals surface area contributed by atoms with E-state index in [-0.39, 0.29) is 11.5 Å². The highest BCUT2D eigenvalue weighted by atomic mass is 19.3. The van der Waals surface area contributed by atoms with Gasteiger partial charge in [-0.15, -0.1) is 6.42 Å². The number of ether oxygens (including phenoxy) is 2. The fraction of sp³-hybridized carbons (Fsp3) is 0.0667. The van der Waals surface area contributed by atoms with E-state index in [0.29, 0.717) is 16.7 Å². The van der Waals surface area contributed by atoms with Gasteiger partial charge in [-0.1, -0.05) is 42.3 Å². The van der Waals surface area contributed by atoms with Crippen LogP contribution in [-0.2, 0) is 5.41 Å². The monoisotopic (exact) mass is 522 g/mol. The zero-order valence-electron chi connectivity index (χ0n) is 19.6. The van der Waals surface area contributed by atoms with Gasteiger partial charge in [0.1, 0.15) is 11.5 Å². The number of rotatable bonds is 7. The van der Waals surface area contributed by atoms with Gasteiger partial charge >= 0.3 is 24.2 Å². The number of hydrogen-bond acceptors (Lipinski definition) is 2. The summed E-state index contributed by atoms with van der Waals surface area (Å²) in [5.74, 6) is 12.2. The van der Waals surface area contributed by atoms with E-state index in [9.17, 15) is 26.3 Å². The Morgan fingerprint density at radius 1 is 0.605 bits per heavy atom. The average Bonchev–Trinajstić information content (AvgIpc) is 2.91. The van der Waals surface area contributed by atoms with E-state index in [1.165, 1.54) is 24.3 Å². The maximum absolute atomic E-state index is 13.2. The molecule has 0 aliphatic rings. The molecule has 0 aliphatic heterocycles. The van der Waals surface area contributed by atoms with Crippen LogP contribution in [0.4, 0.5) is 26.3 Å². The average molecular weight is 522 g/mol. The Hall–Kier alpha value is -5.00. The van der Waals surface area contributed by atoms with Crippen molar-refractivity contribution in [2.75, 3.05) is 0 Å². The molecule has 38 heavy (non-hydrogen) atoms. The molecule has 3 aromatic rings. The molecule has 0 aromatic heterocycles. The molecule has 2 nitrogen and oxygen atoms in total. The summed E-state index contributed by atoms with van der Waals surface area (Å²) in [4.78, 5) is 0. The summed E-state index contributed by atoms with van der Waals surface area (Å²) in [6.07, 6.45) is -0.115. The highest BCUT2D eigenvalue weighted by Crippen LogP contribution is 2.40. The van der Waals surface area contributed by atoms with Gasteiger partial charge in [0.05, 0.1) is 0 Å². The Bertz CT molecular complexity index is 1450. The van der Waals surface area contributed by atoms with Gasteiger partial charge in [-0.3, -0.25) is 0 Å². The fourth-order valence-electron chi connectivity index (χ4n) is 3.55. The van der Waals surface area contributed by atoms with E-state index >= 15 is 0 Å². The number of terminal acetylenes is 1. The molecular weight excluding hydrogens is 506 g/mol. The Kier molecular flexibility index (Phi) is 8.93. The van der Waals surface area contributed by atoms with Crippen molar-refractivity contribution in [3.63, 3.8) is 0 Å². The first kappa shape index (κ1) is 27.6. The molecule has 0 N–H and O–H groups in total. The Balaban J connectivity index is 2.06. The minimum Gasteiger partial charge on any atom is -0.428 e. The van der Waals surface area contributed by atoms with Crippen molar-refractivity contribution in [2.24, 2.45) is 0 Å². The van der Waals surface area contributed by atoms with Crippen LogP contribution < -0.4 is 9.47 Å². The van der Waals surface area contributed by atoms with E-state index in [0.717, 1.165) is 5.56 Å². The summed E-state index contributed by atoms with van der Waals surface area (Å²) in [6.45, 7) is 1.85. The highest BCUT2D eigenvalue weighted by Gasteiger charge is 2.31. The van der Waals surface area contributed by atoms with Crippen LogP contribution in [0.3, 0.4) is 0 Å². The maximum atomic E-state index is 13.2. The van der Waals surface area contributed by atoms with Crippen LogP contribution in [0.1, 0.15) is 29.2 Å². The number of halogens is 6. The van der Waals surface area contributed by atoms with Crippen LogP contribution in [0.5, 0.6) is 11.5 Å². The summed E-state index contributed by atoms with van der Waals surface area (Å²) >= 11 is 0. The molecule has 8 heteroatoms. The van der Waals surface area contributed by atoms with E-state index in [1.54, 1.807) is 48.5 Å². The van der Waals surface area contributed by atoms with E-state index in [4.69, 9.17) is 6.42 Å². The van der Waals surface area contributed by atoms with Gasteiger partial charge in [0.15, 0.2) is 0 Å². The summed E-state index contributed by atoms with van der Waals surface area (Å²) in [5.41, 5.74) is 1.78. The van der Waals surface area contributed by atoms with Crippen LogP contribution in [0.15, 0.2) is 97.0 Å². The normalized spacial score (nSPS) is 10.1. The van der Waals surface area contributed by atoms with E-state index in [2.05, 4.69) is 39.1 Å². The number of hydrogen-bond donors (Lipinski definition) is 0. The molecule has 0 radical (unpaired) electrons. The molecule has 0 amide bonds. The second-order valence-electron chi connectivity index (χ2n) is 7.67. The molecule has 190 valence electrons. The van der Waals surface area contributed by atoms with Crippen LogP contribution in [-0.4, -0.2) is 0 Å². The minimum atomic E-state index is -2.59. The van der Waals surface area contributed by atoms with Crippen LogP contribution >= 0.6 is 0 Å². The lowest BCUT2D eigenvalue weighted by molar-refractivity contribution is 0.241. The molecule has 0 heterocycles. The lowest BCUT2D eigenvalue weighted by Gasteiger charge is -2.32. The fourth-order valence-corrected chi connectivity index (χ4v) is 3.55. The van der Waals surface area contributed by atoms with Crippen molar-refractivity contribution in [1.29, 1.82) is 0 Å². The molecular formula is C30H16F6O2.